The maximum Gasteiger partial charge on any atom is 0.302 e. The molecule has 1 heterocycles. The van der Waals surface area contributed by atoms with Crippen LogP contribution in [0, 0.1) is 28.6 Å². The monoisotopic (exact) mass is 372 g/mol. The van der Waals surface area contributed by atoms with Crippen LogP contribution in [0.25, 0.3) is 0 Å². The van der Waals surface area contributed by atoms with Crippen LogP contribution in [0.4, 0.5) is 0 Å². The lowest BCUT2D eigenvalue weighted by atomic mass is 9.44. The van der Waals surface area contributed by atoms with Gasteiger partial charge < -0.3 is 9.47 Å². The number of fused-ring (bicyclic) bond motifs is 4. The van der Waals surface area contributed by atoms with Crippen molar-refractivity contribution in [1.82, 2.24) is 0 Å². The quantitative estimate of drug-likeness (QED) is 0.538. The Bertz CT molecular complexity index is 741. The van der Waals surface area contributed by atoms with Gasteiger partial charge in [0, 0.05) is 18.8 Å². The Morgan fingerprint density at radius 3 is 2.63 bits per heavy atom. The molecule has 0 aromatic carbocycles. The highest BCUT2D eigenvalue weighted by molar-refractivity contribution is 5.95. The van der Waals surface area contributed by atoms with Crippen LogP contribution in [-0.2, 0) is 19.1 Å². The summed E-state index contributed by atoms with van der Waals surface area (Å²) in [7, 11) is 0. The number of rotatable bonds is 2. The second kappa shape index (κ2) is 5.46. The molecule has 0 bridgehead atoms. The number of esters is 1. The zero-order valence-corrected chi connectivity index (χ0v) is 17.0. The smallest absolute Gasteiger partial charge is 0.302 e. The highest BCUT2D eigenvalue weighted by atomic mass is 16.6. The number of carbonyl (C=O) groups is 2. The lowest BCUT2D eigenvalue weighted by Gasteiger charge is -2.59. The van der Waals surface area contributed by atoms with E-state index < -0.39 is 0 Å². The van der Waals surface area contributed by atoms with Crippen LogP contribution in [0.3, 0.4) is 0 Å². The van der Waals surface area contributed by atoms with Crippen molar-refractivity contribution in [2.45, 2.75) is 90.4 Å². The molecule has 4 nitrogen and oxygen atoms in total. The summed E-state index contributed by atoms with van der Waals surface area (Å²) in [5.41, 5.74) is 1.25. The summed E-state index contributed by atoms with van der Waals surface area (Å²) in [6.07, 6.45) is 9.96. The molecular formula is C23H32O4. The molecule has 1 spiro atoms. The Kier molecular flexibility index (Phi) is 3.62. The predicted molar refractivity (Wildman–Crippen MR) is 101 cm³/mol. The van der Waals surface area contributed by atoms with Gasteiger partial charge in [-0.3, -0.25) is 9.59 Å². The molecule has 148 valence electrons. The average Bonchev–Trinajstić information content (AvgIpc) is 3.15. The second-order valence-corrected chi connectivity index (χ2v) is 10.4. The third-order valence-corrected chi connectivity index (χ3v) is 9.33. The Morgan fingerprint density at radius 2 is 1.93 bits per heavy atom. The molecule has 0 amide bonds. The number of epoxide rings is 1. The molecule has 3 saturated carbocycles. The highest BCUT2D eigenvalue weighted by Crippen LogP contribution is 2.73. The first-order chi connectivity index (χ1) is 12.7. The maximum absolute atomic E-state index is 12.2. The molecule has 8 unspecified atom stereocenters. The number of allylic oxidation sites excluding steroid dienone is 2. The van der Waals surface area contributed by atoms with Crippen molar-refractivity contribution in [2.24, 2.45) is 28.6 Å². The third-order valence-electron chi connectivity index (χ3n) is 9.33. The molecule has 0 N–H and O–H groups in total. The average molecular weight is 373 g/mol. The van der Waals surface area contributed by atoms with Crippen molar-refractivity contribution in [2.75, 3.05) is 0 Å². The highest BCUT2D eigenvalue weighted by Gasteiger charge is 2.76. The van der Waals surface area contributed by atoms with Gasteiger partial charge in [-0.25, -0.2) is 0 Å². The van der Waals surface area contributed by atoms with Gasteiger partial charge in [0.05, 0.1) is 6.10 Å². The fraction of sp³-hybridized carbons (Fsp3) is 0.826. The van der Waals surface area contributed by atoms with Crippen molar-refractivity contribution >= 4 is 11.8 Å². The molecule has 1 saturated heterocycles. The molecule has 5 rings (SSSR count). The molecule has 0 aromatic rings. The Balaban J connectivity index is 1.43. The van der Waals surface area contributed by atoms with E-state index in [9.17, 15) is 9.59 Å². The SMILES string of the molecule is CC(=O)OC1CCC2(C)C3CCC4(C)C(C(C)=O)=CCC4C3CC3OC32C1. The first-order valence-electron chi connectivity index (χ1n) is 10.8. The molecule has 8 atom stereocenters. The normalized spacial score (nSPS) is 52.6. The fourth-order valence-electron chi connectivity index (χ4n) is 8.09. The summed E-state index contributed by atoms with van der Waals surface area (Å²) in [6, 6.07) is 0. The summed E-state index contributed by atoms with van der Waals surface area (Å²) >= 11 is 0. The van der Waals surface area contributed by atoms with Gasteiger partial charge in [-0.2, -0.15) is 0 Å². The summed E-state index contributed by atoms with van der Waals surface area (Å²) in [5, 5.41) is 0. The summed E-state index contributed by atoms with van der Waals surface area (Å²) in [4.78, 5) is 23.7. The van der Waals surface area contributed by atoms with Crippen LogP contribution in [0.1, 0.15) is 72.6 Å². The summed E-state index contributed by atoms with van der Waals surface area (Å²) in [6.45, 7) is 8.03. The van der Waals surface area contributed by atoms with E-state index in [0.717, 1.165) is 44.1 Å². The molecule has 27 heavy (non-hydrogen) atoms. The summed E-state index contributed by atoms with van der Waals surface area (Å²) in [5.74, 6) is 1.98. The van der Waals surface area contributed by atoms with Crippen molar-refractivity contribution < 1.29 is 19.1 Å². The largest absolute Gasteiger partial charge is 0.462 e. The van der Waals surface area contributed by atoms with Crippen molar-refractivity contribution in [3.05, 3.63) is 11.6 Å². The van der Waals surface area contributed by atoms with E-state index in [1.165, 1.54) is 13.3 Å². The molecule has 5 aliphatic rings. The molecule has 0 aromatic heterocycles. The molecule has 4 aliphatic carbocycles. The Hall–Kier alpha value is -1.16. The molecule has 4 heteroatoms. The topological polar surface area (TPSA) is 55.9 Å². The van der Waals surface area contributed by atoms with Gasteiger partial charge in [0.25, 0.3) is 0 Å². The van der Waals surface area contributed by atoms with Gasteiger partial charge in [0.2, 0.25) is 0 Å². The Labute approximate surface area is 162 Å². The number of ketones is 1. The number of hydrogen-bond donors (Lipinski definition) is 0. The van der Waals surface area contributed by atoms with E-state index in [2.05, 4.69) is 19.9 Å². The number of hydrogen-bond acceptors (Lipinski definition) is 4. The minimum atomic E-state index is -0.173. The number of Topliss-reactive ketones (excluding diaryl/α,β-unsaturated/α-hetero) is 1. The van der Waals surface area contributed by atoms with Gasteiger partial charge in [0.15, 0.2) is 5.78 Å². The van der Waals surface area contributed by atoms with Crippen LogP contribution in [0.15, 0.2) is 11.6 Å². The Morgan fingerprint density at radius 1 is 1.15 bits per heavy atom. The van der Waals surface area contributed by atoms with Crippen LogP contribution in [0.5, 0.6) is 0 Å². The predicted octanol–water partition coefficient (Wildman–Crippen LogP) is 4.22. The molecule has 1 aliphatic heterocycles. The minimum Gasteiger partial charge on any atom is -0.462 e. The van der Waals surface area contributed by atoms with Crippen molar-refractivity contribution in [3.63, 3.8) is 0 Å². The van der Waals surface area contributed by atoms with E-state index >= 15 is 0 Å². The first kappa shape index (κ1) is 17.9. The zero-order chi connectivity index (χ0) is 19.2. The first-order valence-corrected chi connectivity index (χ1v) is 10.8. The molecule has 4 fully saturated rings. The van der Waals surface area contributed by atoms with Gasteiger partial charge >= 0.3 is 5.97 Å². The van der Waals surface area contributed by atoms with Crippen molar-refractivity contribution in [3.8, 4) is 0 Å². The van der Waals surface area contributed by atoms with E-state index in [4.69, 9.17) is 9.47 Å². The number of carbonyl (C=O) groups excluding carboxylic acids is 2. The van der Waals surface area contributed by atoms with Crippen molar-refractivity contribution in [1.29, 1.82) is 0 Å². The lowest BCUT2D eigenvalue weighted by molar-refractivity contribution is -0.156. The minimum absolute atomic E-state index is 0.0171. The third kappa shape index (κ3) is 2.19. The maximum atomic E-state index is 12.2. The van der Waals surface area contributed by atoms with E-state index in [0.29, 0.717) is 23.9 Å². The van der Waals surface area contributed by atoms with Gasteiger partial charge in [-0.15, -0.1) is 0 Å². The van der Waals surface area contributed by atoms with Crippen LogP contribution in [-0.4, -0.2) is 29.6 Å². The molecule has 0 radical (unpaired) electrons. The van der Waals surface area contributed by atoms with Crippen LogP contribution in [0.2, 0.25) is 0 Å². The van der Waals surface area contributed by atoms with Crippen LogP contribution < -0.4 is 0 Å². The van der Waals surface area contributed by atoms with Crippen LogP contribution >= 0.6 is 0 Å². The zero-order valence-electron chi connectivity index (χ0n) is 17.0. The molecular weight excluding hydrogens is 340 g/mol. The van der Waals surface area contributed by atoms with Gasteiger partial charge in [0.1, 0.15) is 11.7 Å². The lowest BCUT2D eigenvalue weighted by Crippen LogP contribution is -2.58. The van der Waals surface area contributed by atoms with E-state index in [1.54, 1.807) is 6.92 Å². The summed E-state index contributed by atoms with van der Waals surface area (Å²) < 4.78 is 12.0. The number of ether oxygens (including phenoxy) is 2. The standard InChI is InChI=1S/C23H32O4/c1-13(24)17-5-6-18-16-11-20-23(27-20)12-15(26-14(2)25)7-10-22(23,4)19(16)8-9-21(17,18)3/h5,15-16,18-20H,6-12H2,1-4H3. The van der Waals surface area contributed by atoms with Gasteiger partial charge in [-0.1, -0.05) is 19.9 Å². The second-order valence-electron chi connectivity index (χ2n) is 10.4. The van der Waals surface area contributed by atoms with E-state index in [1.807, 2.05) is 0 Å². The fourth-order valence-corrected chi connectivity index (χ4v) is 8.09. The van der Waals surface area contributed by atoms with E-state index in [-0.39, 0.29) is 34.3 Å². The van der Waals surface area contributed by atoms with Gasteiger partial charge in [-0.05, 0) is 74.2 Å².